The third-order valence-electron chi connectivity index (χ3n) is 3.34. The molecule has 1 fully saturated rings. The largest absolute Gasteiger partial charge is 0.383 e. The number of nitrogens with zero attached hydrogens (tertiary/aromatic N) is 1. The lowest BCUT2D eigenvalue weighted by molar-refractivity contribution is 0.173. The van der Waals surface area contributed by atoms with Crippen molar-refractivity contribution in [3.63, 3.8) is 0 Å². The molecule has 0 spiro atoms. The highest BCUT2D eigenvalue weighted by Gasteiger charge is 2.23. The van der Waals surface area contributed by atoms with Gasteiger partial charge in [-0.25, -0.2) is 0 Å². The van der Waals surface area contributed by atoms with Crippen LogP contribution in [0.4, 0.5) is 0 Å². The molecule has 5 heteroatoms. The molecule has 0 aromatic rings. The Morgan fingerprint density at radius 3 is 2.88 bits per heavy atom. The molecule has 1 saturated heterocycles. The lowest BCUT2D eigenvalue weighted by Gasteiger charge is -2.36. The standard InChI is InChI=1S/C12H25N3OS/c1-9(8-16-4)13-12(17)14-11-5-6-15(3)10(2)7-11/h9-11H,5-8H2,1-4H3,(H2,13,14,17). The van der Waals surface area contributed by atoms with Crippen LogP contribution < -0.4 is 10.6 Å². The first-order valence-corrected chi connectivity index (χ1v) is 6.70. The number of thiocarbonyl (C=S) groups is 1. The van der Waals surface area contributed by atoms with Gasteiger partial charge in [-0.1, -0.05) is 0 Å². The maximum atomic E-state index is 5.30. The van der Waals surface area contributed by atoms with Crippen LogP contribution in [0.5, 0.6) is 0 Å². The van der Waals surface area contributed by atoms with Gasteiger partial charge in [0.2, 0.25) is 0 Å². The molecule has 0 aromatic heterocycles. The van der Waals surface area contributed by atoms with Gasteiger partial charge in [0.25, 0.3) is 0 Å². The molecule has 17 heavy (non-hydrogen) atoms. The van der Waals surface area contributed by atoms with Gasteiger partial charge in [-0.3, -0.25) is 0 Å². The Bertz CT molecular complexity index is 250. The first-order valence-electron chi connectivity index (χ1n) is 6.29. The zero-order valence-corrected chi connectivity index (χ0v) is 12.1. The molecule has 2 N–H and O–H groups in total. The molecule has 3 unspecified atom stereocenters. The summed E-state index contributed by atoms with van der Waals surface area (Å²) >= 11 is 5.30. The first kappa shape index (κ1) is 14.7. The van der Waals surface area contributed by atoms with Gasteiger partial charge in [-0.05, 0) is 46.0 Å². The van der Waals surface area contributed by atoms with Crippen molar-refractivity contribution in [1.29, 1.82) is 0 Å². The van der Waals surface area contributed by atoms with Gasteiger partial charge in [0.05, 0.1) is 6.61 Å². The van der Waals surface area contributed by atoms with Crippen LogP contribution in [0.25, 0.3) is 0 Å². The molecule has 100 valence electrons. The van der Waals surface area contributed by atoms with Crippen LogP contribution in [0.3, 0.4) is 0 Å². The number of rotatable bonds is 4. The fraction of sp³-hybridized carbons (Fsp3) is 0.917. The van der Waals surface area contributed by atoms with Crippen LogP contribution >= 0.6 is 12.2 Å². The Morgan fingerprint density at radius 2 is 2.29 bits per heavy atom. The molecule has 0 amide bonds. The van der Waals surface area contributed by atoms with Gasteiger partial charge in [-0.2, -0.15) is 0 Å². The van der Waals surface area contributed by atoms with Gasteiger partial charge in [0, 0.05) is 31.8 Å². The van der Waals surface area contributed by atoms with Crippen molar-refractivity contribution in [1.82, 2.24) is 15.5 Å². The molecular formula is C12H25N3OS. The molecule has 1 rings (SSSR count). The minimum absolute atomic E-state index is 0.253. The normalized spacial score (nSPS) is 27.5. The zero-order chi connectivity index (χ0) is 12.8. The second-order valence-electron chi connectivity index (χ2n) is 5.03. The molecule has 4 nitrogen and oxygen atoms in total. The summed E-state index contributed by atoms with van der Waals surface area (Å²) in [7, 11) is 3.88. The minimum atomic E-state index is 0.253. The number of methoxy groups -OCH3 is 1. The lowest BCUT2D eigenvalue weighted by atomic mass is 9.99. The van der Waals surface area contributed by atoms with Gasteiger partial charge in [-0.15, -0.1) is 0 Å². The first-order chi connectivity index (χ1) is 8.02. The number of hydrogen-bond donors (Lipinski definition) is 2. The highest BCUT2D eigenvalue weighted by molar-refractivity contribution is 7.80. The summed E-state index contributed by atoms with van der Waals surface area (Å²) in [5, 5.41) is 7.38. The van der Waals surface area contributed by atoms with E-state index in [4.69, 9.17) is 17.0 Å². The maximum Gasteiger partial charge on any atom is 0.166 e. The molecule has 1 aliphatic heterocycles. The topological polar surface area (TPSA) is 36.5 Å². The van der Waals surface area contributed by atoms with Crippen molar-refractivity contribution in [2.24, 2.45) is 0 Å². The summed E-state index contributed by atoms with van der Waals surface area (Å²) in [6.07, 6.45) is 2.30. The zero-order valence-electron chi connectivity index (χ0n) is 11.3. The number of ether oxygens (including phenoxy) is 1. The molecular weight excluding hydrogens is 234 g/mol. The average Bonchev–Trinajstić information content (AvgIpc) is 2.23. The van der Waals surface area contributed by atoms with E-state index in [0.717, 1.165) is 24.5 Å². The van der Waals surface area contributed by atoms with Gasteiger partial charge in [0.1, 0.15) is 0 Å². The van der Waals surface area contributed by atoms with E-state index < -0.39 is 0 Å². The highest BCUT2D eigenvalue weighted by atomic mass is 32.1. The average molecular weight is 259 g/mol. The molecule has 0 bridgehead atoms. The molecule has 3 atom stereocenters. The Hall–Kier alpha value is -0.390. The fourth-order valence-corrected chi connectivity index (χ4v) is 2.53. The van der Waals surface area contributed by atoms with E-state index in [-0.39, 0.29) is 6.04 Å². The van der Waals surface area contributed by atoms with E-state index >= 15 is 0 Å². The number of likely N-dealkylation sites (tertiary alicyclic amines) is 1. The monoisotopic (exact) mass is 259 g/mol. The SMILES string of the molecule is COCC(C)NC(=S)NC1CCN(C)C(C)C1. The number of piperidine rings is 1. The molecule has 0 saturated carbocycles. The van der Waals surface area contributed by atoms with E-state index in [2.05, 4.69) is 36.4 Å². The third-order valence-corrected chi connectivity index (χ3v) is 3.57. The Kier molecular flexibility index (Phi) is 6.16. The molecule has 1 heterocycles. The molecule has 0 aromatic carbocycles. The van der Waals surface area contributed by atoms with Crippen LogP contribution in [-0.4, -0.2) is 55.4 Å². The van der Waals surface area contributed by atoms with E-state index in [1.165, 1.54) is 0 Å². The number of hydrogen-bond acceptors (Lipinski definition) is 3. The van der Waals surface area contributed by atoms with Gasteiger partial charge >= 0.3 is 0 Å². The second-order valence-corrected chi connectivity index (χ2v) is 5.43. The van der Waals surface area contributed by atoms with Crippen molar-refractivity contribution < 1.29 is 4.74 Å². The van der Waals surface area contributed by atoms with Crippen molar-refractivity contribution in [3.8, 4) is 0 Å². The van der Waals surface area contributed by atoms with E-state index in [1.807, 2.05) is 0 Å². The van der Waals surface area contributed by atoms with Crippen molar-refractivity contribution in [2.45, 2.75) is 44.8 Å². The lowest BCUT2D eigenvalue weighted by Crippen LogP contribution is -2.51. The van der Waals surface area contributed by atoms with Gasteiger partial charge < -0.3 is 20.3 Å². The van der Waals surface area contributed by atoms with E-state index in [1.54, 1.807) is 7.11 Å². The molecule has 0 aliphatic carbocycles. The summed E-state index contributed by atoms with van der Waals surface area (Å²) in [5.41, 5.74) is 0. The smallest absolute Gasteiger partial charge is 0.166 e. The van der Waals surface area contributed by atoms with Crippen molar-refractivity contribution in [3.05, 3.63) is 0 Å². The maximum absolute atomic E-state index is 5.30. The third kappa shape index (κ3) is 5.19. The minimum Gasteiger partial charge on any atom is -0.383 e. The van der Waals surface area contributed by atoms with E-state index in [9.17, 15) is 0 Å². The Balaban J connectivity index is 2.27. The summed E-state index contributed by atoms with van der Waals surface area (Å²) in [6.45, 7) is 6.13. The van der Waals surface area contributed by atoms with Crippen LogP contribution in [0.2, 0.25) is 0 Å². The van der Waals surface area contributed by atoms with Crippen LogP contribution in [0.15, 0.2) is 0 Å². The van der Waals surface area contributed by atoms with Crippen LogP contribution in [0.1, 0.15) is 26.7 Å². The summed E-state index contributed by atoms with van der Waals surface area (Å²) in [6, 6.07) is 1.38. The van der Waals surface area contributed by atoms with Crippen LogP contribution in [0, 0.1) is 0 Å². The quantitative estimate of drug-likeness (QED) is 0.736. The highest BCUT2D eigenvalue weighted by Crippen LogP contribution is 2.14. The molecule has 1 aliphatic rings. The van der Waals surface area contributed by atoms with E-state index in [0.29, 0.717) is 18.7 Å². The predicted octanol–water partition coefficient (Wildman–Crippen LogP) is 0.968. The summed E-state index contributed by atoms with van der Waals surface area (Å²) in [5.74, 6) is 0. The fourth-order valence-electron chi connectivity index (χ4n) is 2.16. The summed E-state index contributed by atoms with van der Waals surface area (Å²) < 4.78 is 5.07. The second kappa shape index (κ2) is 7.13. The predicted molar refractivity (Wildman–Crippen MR) is 75.3 cm³/mol. The number of nitrogens with one attached hydrogen (secondary N) is 2. The Labute approximate surface area is 110 Å². The Morgan fingerprint density at radius 1 is 1.59 bits per heavy atom. The van der Waals surface area contributed by atoms with Crippen LogP contribution in [-0.2, 0) is 4.74 Å². The van der Waals surface area contributed by atoms with Crippen molar-refractivity contribution in [2.75, 3.05) is 27.3 Å². The van der Waals surface area contributed by atoms with Crippen molar-refractivity contribution >= 4 is 17.3 Å². The van der Waals surface area contributed by atoms with Gasteiger partial charge in [0.15, 0.2) is 5.11 Å². The molecule has 0 radical (unpaired) electrons. The summed E-state index contributed by atoms with van der Waals surface area (Å²) in [4.78, 5) is 2.39.